The minimum absolute atomic E-state index is 0.0247. The smallest absolute Gasteiger partial charge is 0.254 e. The van der Waals surface area contributed by atoms with Crippen LogP contribution in [0.1, 0.15) is 27.6 Å². The van der Waals surface area contributed by atoms with Crippen LogP contribution >= 0.6 is 11.3 Å². The maximum Gasteiger partial charge on any atom is 0.254 e. The average Bonchev–Trinajstić information content (AvgIpc) is 3.10. The van der Waals surface area contributed by atoms with Gasteiger partial charge in [0, 0.05) is 48.5 Å². The van der Waals surface area contributed by atoms with E-state index in [1.807, 2.05) is 15.9 Å². The van der Waals surface area contributed by atoms with Crippen LogP contribution in [0.15, 0.2) is 35.7 Å². The molecule has 6 nitrogen and oxygen atoms in total. The molecule has 1 saturated heterocycles. The Morgan fingerprint density at radius 1 is 1.00 bits per heavy atom. The monoisotopic (exact) mass is 384 g/mol. The van der Waals surface area contributed by atoms with E-state index in [9.17, 15) is 9.59 Å². The molecule has 2 fully saturated rings. The van der Waals surface area contributed by atoms with Crippen LogP contribution in [-0.4, -0.2) is 54.6 Å². The highest BCUT2D eigenvalue weighted by Gasteiger charge is 2.46. The molecule has 140 valence electrons. The molecule has 5 rings (SSSR count). The molecule has 0 N–H and O–H groups in total. The van der Waals surface area contributed by atoms with Crippen molar-refractivity contribution < 1.29 is 19.1 Å². The molecule has 3 aliphatic rings. The zero-order chi connectivity index (χ0) is 18.4. The maximum atomic E-state index is 12.8. The third-order valence-electron chi connectivity index (χ3n) is 5.51. The molecule has 27 heavy (non-hydrogen) atoms. The number of carbonyl (C=O) groups excluding carboxylic acids is 2. The second kappa shape index (κ2) is 6.56. The van der Waals surface area contributed by atoms with Crippen LogP contribution in [0.4, 0.5) is 0 Å². The fourth-order valence-electron chi connectivity index (χ4n) is 3.86. The van der Waals surface area contributed by atoms with Crippen molar-refractivity contribution in [2.75, 3.05) is 33.0 Å². The third-order valence-corrected chi connectivity index (χ3v) is 6.52. The summed E-state index contributed by atoms with van der Waals surface area (Å²) in [6, 6.07) is 9.43. The van der Waals surface area contributed by atoms with E-state index in [0.717, 1.165) is 6.42 Å². The van der Waals surface area contributed by atoms with E-state index in [1.165, 1.54) is 4.88 Å². The van der Waals surface area contributed by atoms with Crippen LogP contribution in [0, 0.1) is 5.92 Å². The summed E-state index contributed by atoms with van der Waals surface area (Å²) >= 11 is 1.73. The lowest BCUT2D eigenvalue weighted by Crippen LogP contribution is -2.51. The lowest BCUT2D eigenvalue weighted by atomic mass is 10.1. The van der Waals surface area contributed by atoms with Gasteiger partial charge in [0.25, 0.3) is 5.91 Å². The van der Waals surface area contributed by atoms with Crippen molar-refractivity contribution in [1.29, 1.82) is 0 Å². The molecule has 1 aromatic carbocycles. The lowest BCUT2D eigenvalue weighted by Gasteiger charge is -2.35. The number of fused-ring (bicyclic) bond motifs is 1. The summed E-state index contributed by atoms with van der Waals surface area (Å²) < 4.78 is 10.6. The highest BCUT2D eigenvalue weighted by molar-refractivity contribution is 7.10. The summed E-state index contributed by atoms with van der Waals surface area (Å²) in [5.74, 6) is 2.02. The van der Waals surface area contributed by atoms with Crippen LogP contribution in [0.25, 0.3) is 0 Å². The Hall–Kier alpha value is -2.54. The number of hydrogen-bond acceptors (Lipinski definition) is 5. The topological polar surface area (TPSA) is 59.1 Å². The van der Waals surface area contributed by atoms with E-state index in [1.54, 1.807) is 29.5 Å². The Bertz CT molecular complexity index is 874. The quantitative estimate of drug-likeness (QED) is 0.816. The van der Waals surface area contributed by atoms with E-state index in [2.05, 4.69) is 11.4 Å². The fourth-order valence-corrected chi connectivity index (χ4v) is 4.77. The van der Waals surface area contributed by atoms with Crippen molar-refractivity contribution in [3.8, 4) is 11.5 Å². The molecule has 0 unspecified atom stereocenters. The molecule has 0 bridgehead atoms. The van der Waals surface area contributed by atoms with Crippen molar-refractivity contribution >= 4 is 23.2 Å². The SMILES string of the molecule is O=C(c1ccc2c(c1)OCO2)N1CCN(C(=O)[C@H]2C[C@H]2c2cccs2)CC1. The van der Waals surface area contributed by atoms with Gasteiger partial charge in [-0.25, -0.2) is 0 Å². The first-order valence-electron chi connectivity index (χ1n) is 9.22. The van der Waals surface area contributed by atoms with Gasteiger partial charge in [-0.3, -0.25) is 9.59 Å². The molecule has 2 aliphatic heterocycles. The van der Waals surface area contributed by atoms with Gasteiger partial charge < -0.3 is 19.3 Å². The van der Waals surface area contributed by atoms with E-state index < -0.39 is 0 Å². The summed E-state index contributed by atoms with van der Waals surface area (Å²) in [7, 11) is 0. The summed E-state index contributed by atoms with van der Waals surface area (Å²) in [4.78, 5) is 30.5. The highest BCUT2D eigenvalue weighted by Crippen LogP contribution is 2.50. The van der Waals surface area contributed by atoms with Crippen molar-refractivity contribution in [2.24, 2.45) is 5.92 Å². The molecule has 3 heterocycles. The number of nitrogens with zero attached hydrogens (tertiary/aromatic N) is 2. The molecule has 2 atom stereocenters. The normalized spacial score (nSPS) is 23.4. The summed E-state index contributed by atoms with van der Waals surface area (Å²) in [5.41, 5.74) is 0.596. The number of amides is 2. The van der Waals surface area contributed by atoms with Gasteiger partial charge in [-0.2, -0.15) is 0 Å². The summed E-state index contributed by atoms with van der Waals surface area (Å²) in [6.45, 7) is 2.53. The summed E-state index contributed by atoms with van der Waals surface area (Å²) in [6.07, 6.45) is 0.954. The predicted octanol–water partition coefficient (Wildman–Crippen LogP) is 2.56. The van der Waals surface area contributed by atoms with Crippen molar-refractivity contribution in [1.82, 2.24) is 9.80 Å². The Labute approximate surface area is 161 Å². The highest BCUT2D eigenvalue weighted by atomic mass is 32.1. The first-order chi connectivity index (χ1) is 13.2. The third kappa shape index (κ3) is 3.06. The lowest BCUT2D eigenvalue weighted by molar-refractivity contribution is -0.134. The molecular formula is C20H20N2O4S. The Morgan fingerprint density at radius 2 is 1.78 bits per heavy atom. The largest absolute Gasteiger partial charge is 0.454 e. The van der Waals surface area contributed by atoms with Gasteiger partial charge in [-0.15, -0.1) is 11.3 Å². The van der Waals surface area contributed by atoms with Crippen molar-refractivity contribution in [3.63, 3.8) is 0 Å². The van der Waals surface area contributed by atoms with Gasteiger partial charge in [0.15, 0.2) is 11.5 Å². The zero-order valence-corrected chi connectivity index (χ0v) is 15.6. The second-order valence-electron chi connectivity index (χ2n) is 7.15. The second-order valence-corrected chi connectivity index (χ2v) is 8.13. The van der Waals surface area contributed by atoms with Gasteiger partial charge in [0.05, 0.1) is 0 Å². The standard InChI is InChI=1S/C20H20N2O4S/c23-19(13-3-4-16-17(10-13)26-12-25-16)21-5-7-22(8-6-21)20(24)15-11-14(15)18-2-1-9-27-18/h1-4,9-10,14-15H,5-8,11-12H2/t14-,15+/m1/s1. The molecule has 1 saturated carbocycles. The van der Waals surface area contributed by atoms with Crippen LogP contribution in [0.3, 0.4) is 0 Å². The number of piperazine rings is 1. The first kappa shape index (κ1) is 16.6. The van der Waals surface area contributed by atoms with Gasteiger partial charge in [-0.1, -0.05) is 6.07 Å². The van der Waals surface area contributed by atoms with Crippen LogP contribution in [0.5, 0.6) is 11.5 Å². The summed E-state index contributed by atoms with van der Waals surface area (Å²) in [5, 5.41) is 2.07. The number of carbonyl (C=O) groups is 2. The number of thiophene rings is 1. The predicted molar refractivity (Wildman–Crippen MR) is 100 cm³/mol. The van der Waals surface area contributed by atoms with Gasteiger partial charge >= 0.3 is 0 Å². The molecule has 2 aromatic rings. The van der Waals surface area contributed by atoms with Gasteiger partial charge in [-0.05, 0) is 36.1 Å². The van der Waals surface area contributed by atoms with Gasteiger partial charge in [0.2, 0.25) is 12.7 Å². The average molecular weight is 384 g/mol. The number of ether oxygens (including phenoxy) is 2. The van der Waals surface area contributed by atoms with Crippen LogP contribution in [-0.2, 0) is 4.79 Å². The van der Waals surface area contributed by atoms with Crippen LogP contribution < -0.4 is 9.47 Å². The van der Waals surface area contributed by atoms with Crippen molar-refractivity contribution in [2.45, 2.75) is 12.3 Å². The minimum Gasteiger partial charge on any atom is -0.454 e. The number of hydrogen-bond donors (Lipinski definition) is 0. The van der Waals surface area contributed by atoms with Gasteiger partial charge in [0.1, 0.15) is 0 Å². The molecule has 1 aromatic heterocycles. The molecule has 1 aliphatic carbocycles. The van der Waals surface area contributed by atoms with Crippen LogP contribution in [0.2, 0.25) is 0 Å². The fraction of sp³-hybridized carbons (Fsp3) is 0.400. The van der Waals surface area contributed by atoms with E-state index in [4.69, 9.17) is 9.47 Å². The Kier molecular flexibility index (Phi) is 4.04. The molecule has 2 amide bonds. The Balaban J connectivity index is 1.18. The number of benzene rings is 1. The van der Waals surface area contributed by atoms with Crippen molar-refractivity contribution in [3.05, 3.63) is 46.2 Å². The molecule has 7 heteroatoms. The first-order valence-corrected chi connectivity index (χ1v) is 10.1. The Morgan fingerprint density at radius 3 is 2.56 bits per heavy atom. The number of rotatable bonds is 3. The van der Waals surface area contributed by atoms with E-state index in [0.29, 0.717) is 49.2 Å². The zero-order valence-electron chi connectivity index (χ0n) is 14.8. The molecular weight excluding hydrogens is 364 g/mol. The maximum absolute atomic E-state index is 12.8. The van der Waals surface area contributed by atoms with E-state index in [-0.39, 0.29) is 24.5 Å². The molecule has 0 spiro atoms. The molecule has 0 radical (unpaired) electrons. The van der Waals surface area contributed by atoms with E-state index >= 15 is 0 Å². The minimum atomic E-state index is -0.0247.